The van der Waals surface area contributed by atoms with Crippen LogP contribution in [-0.2, 0) is 4.74 Å². The minimum absolute atomic E-state index is 0.293. The largest absolute Gasteiger partial charge is 0.493 e. The van der Waals surface area contributed by atoms with E-state index in [1.165, 1.54) is 24.0 Å². The van der Waals surface area contributed by atoms with Crippen LogP contribution in [0.5, 0.6) is 11.5 Å². The number of aromatic amines is 1. The molecule has 1 aliphatic rings. The van der Waals surface area contributed by atoms with Crippen molar-refractivity contribution >= 4 is 27.5 Å². The third-order valence-electron chi connectivity index (χ3n) is 6.26. The number of allylic oxidation sites excluding steroid dienone is 2. The van der Waals surface area contributed by atoms with Gasteiger partial charge in [-0.3, -0.25) is 0 Å². The highest BCUT2D eigenvalue weighted by atomic mass is 32.1. The van der Waals surface area contributed by atoms with Gasteiger partial charge in [-0.25, -0.2) is 4.79 Å². The average Bonchev–Trinajstić information content (AvgIpc) is 3.43. The van der Waals surface area contributed by atoms with E-state index in [1.807, 2.05) is 18.2 Å². The van der Waals surface area contributed by atoms with E-state index in [9.17, 15) is 4.79 Å². The molecule has 0 radical (unpaired) electrons. The summed E-state index contributed by atoms with van der Waals surface area (Å²) in [5.74, 6) is 1.68. The molecule has 1 aliphatic carbocycles. The molecule has 2 aromatic heterocycles. The number of unbranched alkanes of at least 4 members (excludes halogenated alkanes) is 2. The predicted molar refractivity (Wildman–Crippen MR) is 139 cm³/mol. The van der Waals surface area contributed by atoms with Gasteiger partial charge in [0.25, 0.3) is 0 Å². The molecule has 4 rings (SSSR count). The minimum Gasteiger partial charge on any atom is -0.493 e. The SMILES string of the molecule is CCCCOc1ccc(-c2[nH]c3cc(C(=O)OC)sc3c2C2C=CCCC2)c(OCCCC)c1. The van der Waals surface area contributed by atoms with Gasteiger partial charge in [0.15, 0.2) is 0 Å². The maximum Gasteiger partial charge on any atom is 0.348 e. The highest BCUT2D eigenvalue weighted by Crippen LogP contribution is 2.46. The number of rotatable bonds is 11. The molecule has 1 atom stereocenters. The number of esters is 1. The smallest absolute Gasteiger partial charge is 0.348 e. The van der Waals surface area contributed by atoms with E-state index in [1.54, 1.807) is 0 Å². The zero-order chi connectivity index (χ0) is 23.9. The monoisotopic (exact) mass is 481 g/mol. The third-order valence-corrected chi connectivity index (χ3v) is 7.41. The van der Waals surface area contributed by atoms with Gasteiger partial charge in [-0.2, -0.15) is 0 Å². The number of thiophene rings is 1. The van der Waals surface area contributed by atoms with E-state index in [2.05, 4.69) is 37.0 Å². The number of benzene rings is 1. The molecule has 1 unspecified atom stereocenters. The minimum atomic E-state index is -0.293. The highest BCUT2D eigenvalue weighted by molar-refractivity contribution is 7.21. The first-order chi connectivity index (χ1) is 16.7. The first-order valence-electron chi connectivity index (χ1n) is 12.5. The van der Waals surface area contributed by atoms with E-state index in [0.29, 0.717) is 24.0 Å². The van der Waals surface area contributed by atoms with Crippen molar-refractivity contribution in [1.82, 2.24) is 4.98 Å². The Balaban J connectivity index is 1.80. The first kappa shape index (κ1) is 24.4. The molecule has 0 amide bonds. The van der Waals surface area contributed by atoms with Gasteiger partial charge in [0.05, 0.1) is 36.2 Å². The lowest BCUT2D eigenvalue weighted by Crippen LogP contribution is -2.03. The van der Waals surface area contributed by atoms with Crippen molar-refractivity contribution in [3.63, 3.8) is 0 Å². The number of carbonyl (C=O) groups is 1. The van der Waals surface area contributed by atoms with Crippen LogP contribution in [0.15, 0.2) is 36.4 Å². The number of carbonyl (C=O) groups excluding carboxylic acids is 1. The van der Waals surface area contributed by atoms with Crippen LogP contribution in [0.2, 0.25) is 0 Å². The molecule has 34 heavy (non-hydrogen) atoms. The van der Waals surface area contributed by atoms with Crippen LogP contribution in [0.4, 0.5) is 0 Å². The number of H-pyrrole nitrogens is 1. The molecular weight excluding hydrogens is 446 g/mol. The third kappa shape index (κ3) is 5.33. The Morgan fingerprint density at radius 3 is 2.62 bits per heavy atom. The van der Waals surface area contributed by atoms with E-state index in [-0.39, 0.29) is 5.97 Å². The van der Waals surface area contributed by atoms with Gasteiger partial charge in [0, 0.05) is 23.1 Å². The molecule has 0 saturated heterocycles. The summed E-state index contributed by atoms with van der Waals surface area (Å²) in [4.78, 5) is 16.4. The fraction of sp³-hybridized carbons (Fsp3) is 0.464. The Morgan fingerprint density at radius 2 is 1.91 bits per heavy atom. The molecule has 0 saturated carbocycles. The second-order valence-corrected chi connectivity index (χ2v) is 9.84. The van der Waals surface area contributed by atoms with Gasteiger partial charge >= 0.3 is 5.97 Å². The van der Waals surface area contributed by atoms with E-state index in [4.69, 9.17) is 14.2 Å². The number of methoxy groups -OCH3 is 1. The van der Waals surface area contributed by atoms with Crippen molar-refractivity contribution in [1.29, 1.82) is 0 Å². The summed E-state index contributed by atoms with van der Waals surface area (Å²) >= 11 is 1.50. The maximum atomic E-state index is 12.2. The van der Waals surface area contributed by atoms with Crippen LogP contribution in [0.1, 0.15) is 79.9 Å². The summed E-state index contributed by atoms with van der Waals surface area (Å²) in [7, 11) is 1.43. The number of hydrogen-bond acceptors (Lipinski definition) is 5. The molecule has 5 nitrogen and oxygen atoms in total. The second-order valence-electron chi connectivity index (χ2n) is 8.79. The van der Waals surface area contributed by atoms with Crippen LogP contribution in [0.25, 0.3) is 21.5 Å². The fourth-order valence-corrected chi connectivity index (χ4v) is 5.55. The summed E-state index contributed by atoms with van der Waals surface area (Å²) in [6, 6.07) is 8.07. The van der Waals surface area contributed by atoms with Gasteiger partial charge in [0.2, 0.25) is 0 Å². The molecule has 182 valence electrons. The highest BCUT2D eigenvalue weighted by Gasteiger charge is 2.26. The Hall–Kier alpha value is -2.73. The van der Waals surface area contributed by atoms with Crippen LogP contribution in [-0.4, -0.2) is 31.3 Å². The van der Waals surface area contributed by atoms with Gasteiger partial charge in [0.1, 0.15) is 16.4 Å². The van der Waals surface area contributed by atoms with Crippen LogP contribution < -0.4 is 9.47 Å². The summed E-state index contributed by atoms with van der Waals surface area (Å²) in [6.45, 7) is 5.70. The molecule has 6 heteroatoms. The van der Waals surface area contributed by atoms with E-state index < -0.39 is 0 Å². The van der Waals surface area contributed by atoms with Crippen molar-refractivity contribution in [3.8, 4) is 22.8 Å². The number of ether oxygens (including phenoxy) is 3. The Bertz CT molecular complexity index is 1140. The van der Waals surface area contributed by atoms with Crippen molar-refractivity contribution in [2.75, 3.05) is 20.3 Å². The normalized spacial score (nSPS) is 15.6. The van der Waals surface area contributed by atoms with Crippen molar-refractivity contribution in [3.05, 3.63) is 46.9 Å². The van der Waals surface area contributed by atoms with E-state index in [0.717, 1.165) is 77.9 Å². The Labute approximate surface area is 206 Å². The van der Waals surface area contributed by atoms with Crippen molar-refractivity contribution < 1.29 is 19.0 Å². The lowest BCUT2D eigenvalue weighted by molar-refractivity contribution is 0.0606. The molecule has 0 spiro atoms. The lowest BCUT2D eigenvalue weighted by atomic mass is 9.87. The summed E-state index contributed by atoms with van der Waals surface area (Å²) in [5.41, 5.74) is 4.32. The van der Waals surface area contributed by atoms with E-state index >= 15 is 0 Å². The van der Waals surface area contributed by atoms with Crippen molar-refractivity contribution in [2.24, 2.45) is 0 Å². The summed E-state index contributed by atoms with van der Waals surface area (Å²) < 4.78 is 18.4. The quantitative estimate of drug-likeness (QED) is 0.172. The predicted octanol–water partition coefficient (Wildman–Crippen LogP) is 7.86. The lowest BCUT2D eigenvalue weighted by Gasteiger charge is -2.19. The molecule has 0 aliphatic heterocycles. The van der Waals surface area contributed by atoms with Gasteiger partial charge in [-0.1, -0.05) is 38.8 Å². The van der Waals surface area contributed by atoms with Gasteiger partial charge < -0.3 is 19.2 Å². The number of aromatic nitrogens is 1. The molecular formula is C28H35NO4S. The molecule has 2 heterocycles. The zero-order valence-corrected chi connectivity index (χ0v) is 21.3. The zero-order valence-electron chi connectivity index (χ0n) is 20.4. The second kappa shape index (κ2) is 11.6. The summed E-state index contributed by atoms with van der Waals surface area (Å²) in [6.07, 6.45) is 12.2. The van der Waals surface area contributed by atoms with Gasteiger partial charge in [-0.05, 0) is 50.3 Å². The summed E-state index contributed by atoms with van der Waals surface area (Å²) in [5, 5.41) is 0. The Kier molecular flexibility index (Phi) is 8.33. The van der Waals surface area contributed by atoms with Crippen LogP contribution in [0, 0.1) is 0 Å². The van der Waals surface area contributed by atoms with Crippen LogP contribution >= 0.6 is 11.3 Å². The molecule has 0 fully saturated rings. The fourth-order valence-electron chi connectivity index (χ4n) is 4.40. The van der Waals surface area contributed by atoms with Gasteiger partial charge in [-0.15, -0.1) is 11.3 Å². The standard InChI is InChI=1S/C28H35NO4S/c1-4-6-15-32-20-13-14-21(23(17-20)33-16-7-5-2)26-25(19-11-9-8-10-12-19)27-22(29-26)18-24(34-27)28(30)31-3/h9,11,13-14,17-19,29H,4-8,10,12,15-16H2,1-3H3. The molecule has 1 N–H and O–H groups in total. The molecule has 1 aromatic carbocycles. The maximum absolute atomic E-state index is 12.2. The number of nitrogens with one attached hydrogen (secondary N) is 1. The first-order valence-corrected chi connectivity index (χ1v) is 13.3. The number of hydrogen-bond donors (Lipinski definition) is 1. The molecule has 3 aromatic rings. The Morgan fingerprint density at radius 1 is 1.12 bits per heavy atom. The molecule has 0 bridgehead atoms. The van der Waals surface area contributed by atoms with Crippen molar-refractivity contribution in [2.45, 2.75) is 64.7 Å². The topological polar surface area (TPSA) is 60.6 Å². The number of fused-ring (bicyclic) bond motifs is 1. The average molecular weight is 482 g/mol. The van der Waals surface area contributed by atoms with Crippen LogP contribution in [0.3, 0.4) is 0 Å².